The summed E-state index contributed by atoms with van der Waals surface area (Å²) in [5.41, 5.74) is -2.32. The monoisotopic (exact) mass is 226 g/mol. The number of ether oxygens (including phenoxy) is 1. The molecule has 5 nitrogen and oxygen atoms in total. The Morgan fingerprint density at radius 2 is 2.08 bits per heavy atom. The normalized spacial score (nSPS) is 32.8. The number of esters is 1. The van der Waals surface area contributed by atoms with Crippen LogP contribution in [-0.2, 0) is 19.1 Å². The van der Waals surface area contributed by atoms with Gasteiger partial charge in [0.15, 0.2) is 5.60 Å². The second-order valence-electron chi connectivity index (χ2n) is 2.55. The minimum Gasteiger partial charge on any atom is -0.449 e. The number of aliphatic hydroxyl groups is 1. The van der Waals surface area contributed by atoms with Crippen LogP contribution in [0.15, 0.2) is 0 Å². The Balaban J connectivity index is 3.01. The third-order valence-corrected chi connectivity index (χ3v) is 2.17. The lowest BCUT2D eigenvalue weighted by Crippen LogP contribution is -2.46. The lowest BCUT2D eigenvalue weighted by atomic mass is 9.98. The maximum atomic E-state index is 10.7. The molecule has 1 N–H and O–H groups in total. The number of rotatable bonds is 2. The van der Waals surface area contributed by atoms with Crippen LogP contribution in [0, 0.1) is 0 Å². The predicted molar refractivity (Wildman–Crippen MR) is 41.2 cm³/mol. The Kier molecular flexibility index (Phi) is 2.61. The van der Waals surface area contributed by atoms with Gasteiger partial charge in [-0.3, -0.25) is 14.4 Å². The molecule has 2 atom stereocenters. The van der Waals surface area contributed by atoms with Crippen molar-refractivity contribution < 1.29 is 24.2 Å². The fourth-order valence-electron chi connectivity index (χ4n) is 0.990. The molecule has 0 aromatic heterocycles. The maximum absolute atomic E-state index is 10.7. The zero-order chi connectivity index (χ0) is 10.2. The fraction of sp³-hybridized carbons (Fsp3) is 0.500. The second kappa shape index (κ2) is 3.25. The molecule has 1 rings (SSSR count). The molecule has 0 spiro atoms. The summed E-state index contributed by atoms with van der Waals surface area (Å²) in [4.78, 5) is 32.0. The van der Waals surface area contributed by atoms with Gasteiger partial charge >= 0.3 is 5.97 Å². The van der Waals surface area contributed by atoms with Gasteiger partial charge in [-0.15, -0.1) is 0 Å². The summed E-state index contributed by atoms with van der Waals surface area (Å²) < 4.78 is 4.32. The molecule has 1 heterocycles. The largest absolute Gasteiger partial charge is 0.449 e. The molecular weight excluding hydrogens is 223 g/mol. The van der Waals surface area contributed by atoms with Crippen molar-refractivity contribution in [2.75, 3.05) is 0 Å². The first-order valence-electron chi connectivity index (χ1n) is 3.19. The third-order valence-electron chi connectivity index (χ3n) is 1.64. The molecule has 1 aliphatic rings. The van der Waals surface area contributed by atoms with Gasteiger partial charge in [0.1, 0.15) is 0 Å². The van der Waals surface area contributed by atoms with Crippen molar-refractivity contribution in [2.45, 2.75) is 18.1 Å². The summed E-state index contributed by atoms with van der Waals surface area (Å²) in [6.45, 7) is 0. The van der Waals surface area contributed by atoms with Crippen molar-refractivity contribution in [3.63, 3.8) is 0 Å². The molecule has 0 radical (unpaired) electrons. The lowest BCUT2D eigenvalue weighted by Gasteiger charge is -2.18. The van der Waals surface area contributed by atoms with Crippen LogP contribution in [-0.4, -0.2) is 33.3 Å². The molecule has 1 saturated heterocycles. The summed E-state index contributed by atoms with van der Waals surface area (Å²) in [6, 6.07) is 0. The summed E-state index contributed by atoms with van der Waals surface area (Å²) in [5.74, 6) is -0.893. The minimum absolute atomic E-state index is 0.654. The molecule has 13 heavy (non-hydrogen) atoms. The van der Waals surface area contributed by atoms with E-state index in [2.05, 4.69) is 4.74 Å². The van der Waals surface area contributed by atoms with Crippen molar-refractivity contribution in [1.29, 1.82) is 0 Å². The highest BCUT2D eigenvalue weighted by molar-refractivity contribution is 6.68. The quantitative estimate of drug-likeness (QED) is 0.511. The van der Waals surface area contributed by atoms with Crippen molar-refractivity contribution >= 4 is 39.7 Å². The highest BCUT2D eigenvalue weighted by Gasteiger charge is 2.56. The number of hydrogen-bond acceptors (Lipinski definition) is 5. The van der Waals surface area contributed by atoms with E-state index < -0.39 is 34.6 Å². The molecule has 0 aliphatic carbocycles. The van der Waals surface area contributed by atoms with E-state index in [1.807, 2.05) is 0 Å². The Morgan fingerprint density at radius 1 is 1.54 bits per heavy atom. The molecule has 0 bridgehead atoms. The van der Waals surface area contributed by atoms with E-state index in [0.29, 0.717) is 0 Å². The van der Waals surface area contributed by atoms with E-state index in [1.54, 1.807) is 0 Å². The zero-order valence-corrected chi connectivity index (χ0v) is 7.63. The van der Waals surface area contributed by atoms with Crippen LogP contribution < -0.4 is 0 Å². The second-order valence-corrected chi connectivity index (χ2v) is 3.26. The predicted octanol–water partition coefficient (Wildman–Crippen LogP) is -0.436. The van der Waals surface area contributed by atoms with Crippen LogP contribution in [0.4, 0.5) is 0 Å². The average Bonchev–Trinajstić information content (AvgIpc) is 2.27. The van der Waals surface area contributed by atoms with Gasteiger partial charge in [0.05, 0.1) is 6.42 Å². The maximum Gasteiger partial charge on any atom is 0.310 e. The van der Waals surface area contributed by atoms with Crippen LogP contribution in [0.5, 0.6) is 0 Å². The van der Waals surface area contributed by atoms with E-state index in [4.69, 9.17) is 23.2 Å². The van der Waals surface area contributed by atoms with Gasteiger partial charge in [-0.2, -0.15) is 0 Å². The number of halogens is 2. The van der Waals surface area contributed by atoms with Gasteiger partial charge in [0, 0.05) is 0 Å². The Bertz CT molecular complexity index is 289. The molecule has 0 saturated carbocycles. The SMILES string of the molecule is O=C1C[C@](O)(C(=O)Cl)[C@@H](C(=O)Cl)O1. The molecule has 72 valence electrons. The first kappa shape index (κ1) is 10.4. The molecule has 7 heteroatoms. The molecule has 0 amide bonds. The molecule has 0 unspecified atom stereocenters. The van der Waals surface area contributed by atoms with Crippen molar-refractivity contribution in [3.8, 4) is 0 Å². The topological polar surface area (TPSA) is 80.7 Å². The van der Waals surface area contributed by atoms with E-state index in [9.17, 15) is 19.5 Å². The summed E-state index contributed by atoms with van der Waals surface area (Å²) >= 11 is 9.99. The Hall–Kier alpha value is -0.650. The van der Waals surface area contributed by atoms with Gasteiger partial charge < -0.3 is 9.84 Å². The molecule has 1 aliphatic heterocycles. The smallest absolute Gasteiger partial charge is 0.310 e. The summed E-state index contributed by atoms with van der Waals surface area (Å²) in [5, 5.41) is 7.06. The van der Waals surface area contributed by atoms with Crippen LogP contribution in [0.25, 0.3) is 0 Å². The minimum atomic E-state index is -2.32. The molecule has 0 aromatic rings. The van der Waals surface area contributed by atoms with Gasteiger partial charge in [0.25, 0.3) is 10.5 Å². The standard InChI is InChI=1S/C6H4Cl2O5/c7-4(10)3-6(12,5(8)11)1-2(9)13-3/h3,12H,1H2/t3-,6-/m1/s1. The Labute approximate surface area is 82.6 Å². The van der Waals surface area contributed by atoms with Crippen molar-refractivity contribution in [3.05, 3.63) is 0 Å². The van der Waals surface area contributed by atoms with E-state index in [1.165, 1.54) is 0 Å². The van der Waals surface area contributed by atoms with E-state index in [0.717, 1.165) is 0 Å². The van der Waals surface area contributed by atoms with Crippen molar-refractivity contribution in [2.24, 2.45) is 0 Å². The number of carbonyl (C=O) groups excluding carboxylic acids is 3. The van der Waals surface area contributed by atoms with Gasteiger partial charge in [-0.05, 0) is 23.2 Å². The van der Waals surface area contributed by atoms with Crippen molar-refractivity contribution in [1.82, 2.24) is 0 Å². The lowest BCUT2D eigenvalue weighted by molar-refractivity contribution is -0.149. The summed E-state index contributed by atoms with van der Waals surface area (Å²) in [6.07, 6.45) is -2.36. The third kappa shape index (κ3) is 1.67. The highest BCUT2D eigenvalue weighted by atomic mass is 35.5. The number of carbonyl (C=O) groups is 3. The van der Waals surface area contributed by atoms with E-state index in [-0.39, 0.29) is 0 Å². The van der Waals surface area contributed by atoms with Crippen LogP contribution in [0.1, 0.15) is 6.42 Å². The highest BCUT2D eigenvalue weighted by Crippen LogP contribution is 2.30. The van der Waals surface area contributed by atoms with Gasteiger partial charge in [-0.1, -0.05) is 0 Å². The van der Waals surface area contributed by atoms with Crippen LogP contribution in [0.3, 0.4) is 0 Å². The fourth-order valence-corrected chi connectivity index (χ4v) is 1.38. The molecular formula is C6H4Cl2O5. The van der Waals surface area contributed by atoms with Gasteiger partial charge in [-0.25, -0.2) is 0 Å². The molecule has 0 aromatic carbocycles. The number of cyclic esters (lactones) is 1. The molecule has 1 fully saturated rings. The first-order valence-corrected chi connectivity index (χ1v) is 3.94. The summed E-state index contributed by atoms with van der Waals surface area (Å²) in [7, 11) is 0. The first-order chi connectivity index (χ1) is 5.88. The average molecular weight is 227 g/mol. The Morgan fingerprint density at radius 3 is 2.38 bits per heavy atom. The zero-order valence-electron chi connectivity index (χ0n) is 6.12. The van der Waals surface area contributed by atoms with Gasteiger partial charge in [0.2, 0.25) is 6.10 Å². The van der Waals surface area contributed by atoms with Crippen LogP contribution >= 0.6 is 23.2 Å². The van der Waals surface area contributed by atoms with Crippen LogP contribution in [0.2, 0.25) is 0 Å². The van der Waals surface area contributed by atoms with E-state index >= 15 is 0 Å². The number of hydrogen-bond donors (Lipinski definition) is 1.